The Morgan fingerprint density at radius 2 is 1.97 bits per heavy atom. The Kier molecular flexibility index (Phi) is 3.80. The molecule has 8 heteroatoms. The van der Waals surface area contributed by atoms with E-state index in [4.69, 9.17) is 9.72 Å². The molecule has 0 amide bonds. The standard InChI is InChI=1S/C24H20FN3O4/c1-3-24(27-31)16-7-19-21-14(9-28(19)22(29)15(16)10-32-23(24)30)13-6-4-5-12-11(2)17(25)8-18(26-21)20(12)13/h7-8H,3-6,9-10H2,1-2H3. The fourth-order valence-corrected chi connectivity index (χ4v) is 5.67. The largest absolute Gasteiger partial charge is 0.458 e. The van der Waals surface area contributed by atoms with E-state index in [0.29, 0.717) is 34.6 Å². The SMILES string of the molecule is CCC1(N=O)C(=O)OCc2c1cc1n(c2=O)Cc2c-1nc1cc(F)c(C)c3c1c2CCC3. The molecule has 3 aromatic rings. The smallest absolute Gasteiger partial charge is 0.342 e. The van der Waals surface area contributed by atoms with Crippen LogP contribution in [0.4, 0.5) is 4.39 Å². The summed E-state index contributed by atoms with van der Waals surface area (Å²) in [6.45, 7) is 3.64. The lowest BCUT2D eigenvalue weighted by Crippen LogP contribution is -2.43. The lowest BCUT2D eigenvalue weighted by molar-refractivity contribution is -0.154. The molecule has 0 N–H and O–H groups in total. The number of carbonyl (C=O) groups excluding carboxylic acids is 1. The molecule has 0 bridgehead atoms. The third-order valence-corrected chi connectivity index (χ3v) is 7.43. The summed E-state index contributed by atoms with van der Waals surface area (Å²) < 4.78 is 21.4. The fourth-order valence-electron chi connectivity index (χ4n) is 5.67. The molecule has 0 saturated heterocycles. The molecule has 162 valence electrons. The van der Waals surface area contributed by atoms with E-state index in [2.05, 4.69) is 5.18 Å². The topological polar surface area (TPSA) is 90.6 Å². The van der Waals surface area contributed by atoms with Crippen LogP contribution < -0.4 is 5.56 Å². The molecule has 32 heavy (non-hydrogen) atoms. The van der Waals surface area contributed by atoms with Crippen molar-refractivity contribution in [3.8, 4) is 11.4 Å². The molecular weight excluding hydrogens is 413 g/mol. The number of cyclic esters (lactones) is 1. The summed E-state index contributed by atoms with van der Waals surface area (Å²) in [5.41, 5.74) is 3.96. The summed E-state index contributed by atoms with van der Waals surface area (Å²) in [5.74, 6) is -1.03. The van der Waals surface area contributed by atoms with Gasteiger partial charge >= 0.3 is 5.97 Å². The number of nitrogens with zero attached hydrogens (tertiary/aromatic N) is 3. The lowest BCUT2D eigenvalue weighted by atomic mass is 9.83. The molecule has 3 aliphatic rings. The highest BCUT2D eigenvalue weighted by Crippen LogP contribution is 2.44. The van der Waals surface area contributed by atoms with Crippen LogP contribution in [0.3, 0.4) is 0 Å². The van der Waals surface area contributed by atoms with Crippen LogP contribution in [0, 0.1) is 17.6 Å². The second kappa shape index (κ2) is 6.31. The van der Waals surface area contributed by atoms with Gasteiger partial charge in [0.15, 0.2) is 0 Å². The first-order chi connectivity index (χ1) is 15.4. The average molecular weight is 433 g/mol. The van der Waals surface area contributed by atoms with Gasteiger partial charge in [-0.2, -0.15) is 0 Å². The van der Waals surface area contributed by atoms with Crippen molar-refractivity contribution >= 4 is 16.9 Å². The molecule has 6 rings (SSSR count). The Morgan fingerprint density at radius 3 is 2.72 bits per heavy atom. The van der Waals surface area contributed by atoms with Crippen molar-refractivity contribution in [3.63, 3.8) is 0 Å². The fraction of sp³-hybridized carbons (Fsp3) is 0.375. The van der Waals surface area contributed by atoms with Gasteiger partial charge in [-0.05, 0) is 60.5 Å². The normalized spacial score (nSPS) is 20.5. The molecule has 0 fully saturated rings. The maximum atomic E-state index is 14.6. The number of esters is 1. The number of halogens is 1. The molecule has 2 aliphatic heterocycles. The van der Waals surface area contributed by atoms with Gasteiger partial charge in [0, 0.05) is 22.6 Å². The van der Waals surface area contributed by atoms with Crippen LogP contribution in [0.15, 0.2) is 22.1 Å². The van der Waals surface area contributed by atoms with Crippen molar-refractivity contribution < 1.29 is 13.9 Å². The Hall–Kier alpha value is -3.42. The highest BCUT2D eigenvalue weighted by atomic mass is 19.1. The van der Waals surface area contributed by atoms with E-state index in [1.807, 2.05) is 0 Å². The van der Waals surface area contributed by atoms with Gasteiger partial charge < -0.3 is 9.30 Å². The van der Waals surface area contributed by atoms with Crippen molar-refractivity contribution in [2.75, 3.05) is 0 Å². The molecular formula is C24H20FN3O4. The van der Waals surface area contributed by atoms with Gasteiger partial charge in [0.05, 0.1) is 29.0 Å². The quantitative estimate of drug-likeness (QED) is 0.354. The number of ether oxygens (including phenoxy) is 1. The Morgan fingerprint density at radius 1 is 1.19 bits per heavy atom. The molecule has 7 nitrogen and oxygen atoms in total. The molecule has 4 heterocycles. The van der Waals surface area contributed by atoms with Crippen molar-refractivity contribution in [2.24, 2.45) is 5.18 Å². The second-order valence-corrected chi connectivity index (χ2v) is 8.82. The van der Waals surface area contributed by atoms with E-state index in [0.717, 1.165) is 41.3 Å². The van der Waals surface area contributed by atoms with Gasteiger partial charge in [0.2, 0.25) is 5.54 Å². The first-order valence-electron chi connectivity index (χ1n) is 10.8. The van der Waals surface area contributed by atoms with Gasteiger partial charge in [-0.3, -0.25) is 4.79 Å². The Balaban J connectivity index is 1.69. The number of carbonyl (C=O) groups is 1. The van der Waals surface area contributed by atoms with E-state index in [9.17, 15) is 18.9 Å². The summed E-state index contributed by atoms with van der Waals surface area (Å²) in [7, 11) is 0. The van der Waals surface area contributed by atoms with Gasteiger partial charge in [0.1, 0.15) is 12.4 Å². The first kappa shape index (κ1) is 19.3. The monoisotopic (exact) mass is 433 g/mol. The molecule has 1 aromatic carbocycles. The summed E-state index contributed by atoms with van der Waals surface area (Å²) in [4.78, 5) is 42.5. The van der Waals surface area contributed by atoms with Crippen LogP contribution >= 0.6 is 0 Å². The minimum atomic E-state index is -1.74. The minimum Gasteiger partial charge on any atom is -0.458 e. The highest BCUT2D eigenvalue weighted by Gasteiger charge is 2.49. The van der Waals surface area contributed by atoms with E-state index in [1.165, 1.54) is 6.07 Å². The maximum Gasteiger partial charge on any atom is 0.342 e. The van der Waals surface area contributed by atoms with Crippen LogP contribution in [0.1, 0.15) is 53.1 Å². The highest BCUT2D eigenvalue weighted by molar-refractivity contribution is 5.92. The van der Waals surface area contributed by atoms with Crippen LogP contribution in [-0.2, 0) is 41.1 Å². The number of benzene rings is 1. The number of pyridine rings is 2. The van der Waals surface area contributed by atoms with Crippen molar-refractivity contribution in [2.45, 2.75) is 58.2 Å². The van der Waals surface area contributed by atoms with Gasteiger partial charge in [0.25, 0.3) is 5.56 Å². The number of hydrogen-bond donors (Lipinski definition) is 0. The number of rotatable bonds is 2. The van der Waals surface area contributed by atoms with Gasteiger partial charge in [-0.25, -0.2) is 14.2 Å². The predicted octanol–water partition coefficient (Wildman–Crippen LogP) is 3.79. The summed E-state index contributed by atoms with van der Waals surface area (Å²) in [6, 6.07) is 3.15. The van der Waals surface area contributed by atoms with Crippen LogP contribution in [0.2, 0.25) is 0 Å². The zero-order chi connectivity index (χ0) is 22.4. The lowest BCUT2D eigenvalue weighted by Gasteiger charge is -2.30. The Labute approximate surface area is 182 Å². The molecule has 1 atom stereocenters. The van der Waals surface area contributed by atoms with Crippen LogP contribution in [0.25, 0.3) is 22.3 Å². The van der Waals surface area contributed by atoms with Crippen LogP contribution in [-0.4, -0.2) is 15.5 Å². The molecule has 1 unspecified atom stereocenters. The zero-order valence-corrected chi connectivity index (χ0v) is 17.7. The summed E-state index contributed by atoms with van der Waals surface area (Å²) >= 11 is 0. The minimum absolute atomic E-state index is 0.0856. The zero-order valence-electron chi connectivity index (χ0n) is 17.7. The maximum absolute atomic E-state index is 14.6. The van der Waals surface area contributed by atoms with Gasteiger partial charge in [-0.15, -0.1) is 4.91 Å². The second-order valence-electron chi connectivity index (χ2n) is 8.82. The molecule has 0 radical (unpaired) electrons. The van der Waals surface area contributed by atoms with E-state index in [-0.39, 0.29) is 30.0 Å². The van der Waals surface area contributed by atoms with E-state index in [1.54, 1.807) is 24.5 Å². The number of aromatic nitrogens is 2. The number of nitroso groups, excluding NO2 is 1. The van der Waals surface area contributed by atoms with Crippen LogP contribution in [0.5, 0.6) is 0 Å². The summed E-state index contributed by atoms with van der Waals surface area (Å²) in [5, 5.41) is 4.12. The van der Waals surface area contributed by atoms with E-state index < -0.39 is 11.5 Å². The predicted molar refractivity (Wildman–Crippen MR) is 115 cm³/mol. The van der Waals surface area contributed by atoms with Crippen molar-refractivity contribution in [3.05, 3.63) is 66.6 Å². The molecule has 0 saturated carbocycles. The molecule has 0 spiro atoms. The number of fused-ring (bicyclic) bond motifs is 5. The average Bonchev–Trinajstić information content (AvgIpc) is 3.17. The number of hydrogen-bond acceptors (Lipinski definition) is 6. The van der Waals surface area contributed by atoms with Gasteiger partial charge in [-0.1, -0.05) is 6.92 Å². The third-order valence-electron chi connectivity index (χ3n) is 7.43. The molecule has 1 aliphatic carbocycles. The first-order valence-corrected chi connectivity index (χ1v) is 10.8. The van der Waals surface area contributed by atoms with E-state index >= 15 is 0 Å². The number of aryl methyl sites for hydroxylation is 2. The Bertz CT molecular complexity index is 1460. The van der Waals surface area contributed by atoms with Crippen molar-refractivity contribution in [1.82, 2.24) is 9.55 Å². The summed E-state index contributed by atoms with van der Waals surface area (Å²) in [6.07, 6.45) is 2.62. The van der Waals surface area contributed by atoms with Crippen molar-refractivity contribution in [1.29, 1.82) is 0 Å². The molecule has 2 aromatic heterocycles. The third kappa shape index (κ3) is 2.17.